The monoisotopic (exact) mass is 197 g/mol. The highest BCUT2D eigenvalue weighted by Gasteiger charge is 2.05. The molecule has 0 atom stereocenters. The summed E-state index contributed by atoms with van der Waals surface area (Å²) in [6.45, 7) is 0. The van der Waals surface area contributed by atoms with Crippen molar-refractivity contribution >= 4 is 16.8 Å². The Hall–Kier alpha value is -2.41. The number of hydrogen-bond acceptors (Lipinski definition) is 3. The van der Waals surface area contributed by atoms with Crippen LogP contribution in [0, 0.1) is 11.3 Å². The number of nitrogens with two attached hydrogens (primary N) is 1. The number of amides is 1. The van der Waals surface area contributed by atoms with E-state index in [0.29, 0.717) is 16.6 Å². The molecule has 1 aromatic heterocycles. The van der Waals surface area contributed by atoms with Crippen LogP contribution in [0.4, 0.5) is 0 Å². The molecule has 4 heteroatoms. The zero-order chi connectivity index (χ0) is 10.8. The zero-order valence-corrected chi connectivity index (χ0v) is 7.77. The first kappa shape index (κ1) is 9.16. The van der Waals surface area contributed by atoms with Gasteiger partial charge in [-0.25, -0.2) is 0 Å². The van der Waals surface area contributed by atoms with Crippen LogP contribution in [0.25, 0.3) is 10.9 Å². The van der Waals surface area contributed by atoms with E-state index in [4.69, 9.17) is 11.0 Å². The summed E-state index contributed by atoms with van der Waals surface area (Å²) in [5.74, 6) is -0.522. The summed E-state index contributed by atoms with van der Waals surface area (Å²) in [5.41, 5.74) is 6.55. The summed E-state index contributed by atoms with van der Waals surface area (Å²) in [4.78, 5) is 15.0. The first-order chi connectivity index (χ1) is 7.22. The van der Waals surface area contributed by atoms with Gasteiger partial charge in [-0.15, -0.1) is 0 Å². The van der Waals surface area contributed by atoms with Gasteiger partial charge in [-0.2, -0.15) is 5.26 Å². The van der Waals surface area contributed by atoms with Gasteiger partial charge in [0.25, 0.3) is 0 Å². The summed E-state index contributed by atoms with van der Waals surface area (Å²) in [7, 11) is 0. The van der Waals surface area contributed by atoms with Crippen molar-refractivity contribution in [2.75, 3.05) is 0 Å². The Kier molecular flexibility index (Phi) is 2.07. The molecule has 0 radical (unpaired) electrons. The van der Waals surface area contributed by atoms with Crippen molar-refractivity contribution in [1.82, 2.24) is 4.98 Å². The Morgan fingerprint density at radius 3 is 2.93 bits per heavy atom. The molecular weight excluding hydrogens is 190 g/mol. The molecule has 0 unspecified atom stereocenters. The Balaban J connectivity index is 2.76. The first-order valence-corrected chi connectivity index (χ1v) is 4.31. The Bertz CT molecular complexity index is 584. The molecule has 2 aromatic rings. The number of para-hydroxylation sites is 1. The number of primary amides is 1. The second-order valence-electron chi connectivity index (χ2n) is 3.08. The molecule has 0 aliphatic carbocycles. The van der Waals surface area contributed by atoms with Gasteiger partial charge in [-0.3, -0.25) is 9.78 Å². The average Bonchev–Trinajstić information content (AvgIpc) is 2.27. The average molecular weight is 197 g/mol. The van der Waals surface area contributed by atoms with Gasteiger partial charge >= 0.3 is 0 Å². The smallest absolute Gasteiger partial charge is 0.250 e. The van der Waals surface area contributed by atoms with Gasteiger partial charge in [0.15, 0.2) is 0 Å². The fraction of sp³-hybridized carbons (Fsp3) is 0. The third-order valence-corrected chi connectivity index (χ3v) is 2.12. The number of nitrogens with zero attached hydrogens (tertiary/aromatic N) is 2. The third-order valence-electron chi connectivity index (χ3n) is 2.12. The predicted octanol–water partition coefficient (Wildman–Crippen LogP) is 1.21. The van der Waals surface area contributed by atoms with Crippen LogP contribution in [0.1, 0.15) is 15.9 Å². The van der Waals surface area contributed by atoms with Crippen molar-refractivity contribution in [3.05, 3.63) is 41.6 Å². The van der Waals surface area contributed by atoms with Gasteiger partial charge in [0.05, 0.1) is 16.6 Å². The molecule has 1 heterocycles. The molecule has 2 rings (SSSR count). The second-order valence-corrected chi connectivity index (χ2v) is 3.08. The third kappa shape index (κ3) is 1.51. The Morgan fingerprint density at radius 1 is 1.47 bits per heavy atom. The van der Waals surface area contributed by atoms with Gasteiger partial charge in [-0.1, -0.05) is 12.1 Å². The van der Waals surface area contributed by atoms with Crippen LogP contribution in [-0.2, 0) is 0 Å². The largest absolute Gasteiger partial charge is 0.366 e. The predicted molar refractivity (Wildman–Crippen MR) is 55.0 cm³/mol. The van der Waals surface area contributed by atoms with E-state index in [1.54, 1.807) is 24.3 Å². The molecule has 0 aliphatic heterocycles. The molecular formula is C11H7N3O. The fourth-order valence-corrected chi connectivity index (χ4v) is 1.39. The highest BCUT2D eigenvalue weighted by Crippen LogP contribution is 2.16. The van der Waals surface area contributed by atoms with E-state index >= 15 is 0 Å². The van der Waals surface area contributed by atoms with Crippen molar-refractivity contribution in [2.45, 2.75) is 0 Å². The molecule has 15 heavy (non-hydrogen) atoms. The van der Waals surface area contributed by atoms with Gasteiger partial charge in [0.1, 0.15) is 6.07 Å². The van der Waals surface area contributed by atoms with E-state index in [-0.39, 0.29) is 0 Å². The molecule has 0 saturated carbocycles. The van der Waals surface area contributed by atoms with Crippen molar-refractivity contribution in [3.63, 3.8) is 0 Å². The highest BCUT2D eigenvalue weighted by atomic mass is 16.1. The lowest BCUT2D eigenvalue weighted by atomic mass is 10.1. The van der Waals surface area contributed by atoms with Crippen molar-refractivity contribution in [2.24, 2.45) is 5.73 Å². The summed E-state index contributed by atoms with van der Waals surface area (Å²) < 4.78 is 0. The Morgan fingerprint density at radius 2 is 2.27 bits per heavy atom. The van der Waals surface area contributed by atoms with Crippen molar-refractivity contribution in [3.8, 4) is 6.07 Å². The number of carbonyl (C=O) groups is 1. The van der Waals surface area contributed by atoms with E-state index in [1.807, 2.05) is 6.07 Å². The number of benzene rings is 1. The highest BCUT2D eigenvalue weighted by molar-refractivity contribution is 5.96. The number of rotatable bonds is 1. The topological polar surface area (TPSA) is 79.8 Å². The van der Waals surface area contributed by atoms with Crippen molar-refractivity contribution in [1.29, 1.82) is 5.26 Å². The molecule has 0 fully saturated rings. The molecule has 2 N–H and O–H groups in total. The number of nitriles is 1. The quantitative estimate of drug-likeness (QED) is 0.746. The van der Waals surface area contributed by atoms with E-state index in [2.05, 4.69) is 4.98 Å². The molecule has 1 aromatic carbocycles. The summed E-state index contributed by atoms with van der Waals surface area (Å²) in [6.07, 6.45) is 1.38. The minimum absolute atomic E-state index is 0.345. The minimum atomic E-state index is -0.522. The van der Waals surface area contributed by atoms with Gasteiger partial charge in [0.2, 0.25) is 5.91 Å². The van der Waals surface area contributed by atoms with E-state index < -0.39 is 5.91 Å². The van der Waals surface area contributed by atoms with Crippen LogP contribution < -0.4 is 5.73 Å². The van der Waals surface area contributed by atoms with E-state index in [1.165, 1.54) is 6.20 Å². The number of aromatic nitrogens is 1. The first-order valence-electron chi connectivity index (χ1n) is 4.31. The maximum Gasteiger partial charge on any atom is 0.250 e. The van der Waals surface area contributed by atoms with Crippen LogP contribution >= 0.6 is 0 Å². The van der Waals surface area contributed by atoms with E-state index in [0.717, 1.165) is 5.39 Å². The Labute approximate surface area is 86.0 Å². The van der Waals surface area contributed by atoms with Crippen molar-refractivity contribution < 1.29 is 4.79 Å². The van der Waals surface area contributed by atoms with Gasteiger partial charge < -0.3 is 5.73 Å². The molecule has 1 amide bonds. The standard InChI is InChI=1S/C11H7N3O/c12-5-8-3-1-2-7-4-9(11(13)15)6-14-10(7)8/h1-4,6H,(H2,13,15). The normalized spacial score (nSPS) is 9.80. The lowest BCUT2D eigenvalue weighted by Crippen LogP contribution is -2.11. The summed E-state index contributed by atoms with van der Waals surface area (Å²) in [6, 6.07) is 8.88. The zero-order valence-electron chi connectivity index (χ0n) is 7.77. The number of carbonyl (C=O) groups excluding carboxylic acids is 1. The van der Waals surface area contributed by atoms with E-state index in [9.17, 15) is 4.79 Å². The number of pyridine rings is 1. The van der Waals surface area contributed by atoms with Crippen LogP contribution in [0.15, 0.2) is 30.5 Å². The lowest BCUT2D eigenvalue weighted by molar-refractivity contribution is 0.1000. The van der Waals surface area contributed by atoms with Gasteiger partial charge in [-0.05, 0) is 12.1 Å². The maximum atomic E-state index is 10.9. The van der Waals surface area contributed by atoms with Gasteiger partial charge in [0, 0.05) is 11.6 Å². The molecule has 0 saturated heterocycles. The number of fused-ring (bicyclic) bond motifs is 1. The lowest BCUT2D eigenvalue weighted by Gasteiger charge is -2.00. The maximum absolute atomic E-state index is 10.9. The second kappa shape index (κ2) is 3.39. The van der Waals surface area contributed by atoms with Crippen LogP contribution in [0.2, 0.25) is 0 Å². The molecule has 72 valence electrons. The minimum Gasteiger partial charge on any atom is -0.366 e. The van der Waals surface area contributed by atoms with Crippen LogP contribution in [0.3, 0.4) is 0 Å². The summed E-state index contributed by atoms with van der Waals surface area (Å²) >= 11 is 0. The molecule has 0 spiro atoms. The number of hydrogen-bond donors (Lipinski definition) is 1. The SMILES string of the molecule is N#Cc1cccc2cc(C(N)=O)cnc12. The van der Waals surface area contributed by atoms with Crippen LogP contribution in [-0.4, -0.2) is 10.9 Å². The molecule has 0 aliphatic rings. The van der Waals surface area contributed by atoms with Crippen LogP contribution in [0.5, 0.6) is 0 Å². The summed E-state index contributed by atoms with van der Waals surface area (Å²) in [5, 5.41) is 9.57. The molecule has 0 bridgehead atoms. The molecule has 4 nitrogen and oxygen atoms in total. The fourth-order valence-electron chi connectivity index (χ4n) is 1.39.